The second-order valence-corrected chi connectivity index (χ2v) is 8.00. The molecule has 156 valence electrons. The number of imidazole rings is 1. The molecule has 0 aliphatic heterocycles. The number of fused-ring (bicyclic) bond motifs is 1. The van der Waals surface area contributed by atoms with Crippen molar-refractivity contribution in [3.8, 4) is 5.75 Å². The van der Waals surface area contributed by atoms with Crippen molar-refractivity contribution >= 4 is 34.4 Å². The zero-order chi connectivity index (χ0) is 21.6. The number of benzene rings is 3. The number of hydrazone groups is 1. The van der Waals surface area contributed by atoms with E-state index in [1.165, 1.54) is 23.4 Å². The molecule has 1 amide bonds. The number of rotatable bonds is 7. The number of para-hydroxylation sites is 3. The van der Waals surface area contributed by atoms with Gasteiger partial charge in [0.1, 0.15) is 6.54 Å². The molecule has 7 heteroatoms. The summed E-state index contributed by atoms with van der Waals surface area (Å²) in [6.45, 7) is 2.40. The third-order valence-electron chi connectivity index (χ3n) is 4.83. The molecule has 3 aromatic carbocycles. The number of aromatic amines is 1. The summed E-state index contributed by atoms with van der Waals surface area (Å²) in [5.74, 6) is -0.165. The molecule has 1 heterocycles. The average Bonchev–Trinajstić information content (AvgIpc) is 3.14. The molecule has 0 radical (unpaired) electrons. The van der Waals surface area contributed by atoms with Crippen LogP contribution in [0.4, 0.5) is 0 Å². The summed E-state index contributed by atoms with van der Waals surface area (Å²) < 4.78 is 2.17. The zero-order valence-electron chi connectivity index (χ0n) is 17.0. The first-order valence-electron chi connectivity index (χ1n) is 9.88. The van der Waals surface area contributed by atoms with E-state index in [1.54, 1.807) is 25.1 Å². The Morgan fingerprint density at radius 1 is 1.03 bits per heavy atom. The van der Waals surface area contributed by atoms with Gasteiger partial charge >= 0.3 is 5.16 Å². The number of hydrogen-bond acceptors (Lipinski definition) is 4. The van der Waals surface area contributed by atoms with E-state index in [0.717, 1.165) is 16.2 Å². The van der Waals surface area contributed by atoms with Gasteiger partial charge in [-0.05, 0) is 41.9 Å². The Morgan fingerprint density at radius 2 is 1.74 bits per heavy atom. The molecule has 4 aromatic rings. The van der Waals surface area contributed by atoms with Crippen molar-refractivity contribution in [2.45, 2.75) is 18.6 Å². The lowest BCUT2D eigenvalue weighted by Crippen LogP contribution is -2.36. The van der Waals surface area contributed by atoms with Gasteiger partial charge in [-0.25, -0.2) is 15.0 Å². The fourth-order valence-corrected chi connectivity index (χ4v) is 4.12. The van der Waals surface area contributed by atoms with Crippen molar-refractivity contribution in [3.63, 3.8) is 0 Å². The Hall–Kier alpha value is -3.58. The highest BCUT2D eigenvalue weighted by atomic mass is 32.2. The monoisotopic (exact) mass is 430 g/mol. The van der Waals surface area contributed by atoms with Crippen LogP contribution in [-0.2, 0) is 11.3 Å². The van der Waals surface area contributed by atoms with Gasteiger partial charge in [-0.15, -0.1) is 0 Å². The van der Waals surface area contributed by atoms with Crippen LogP contribution in [0.2, 0.25) is 0 Å². The Morgan fingerprint density at radius 3 is 2.55 bits per heavy atom. The second-order valence-electron chi connectivity index (χ2n) is 7.04. The fourth-order valence-electron chi connectivity index (χ4n) is 3.28. The molecule has 0 unspecified atom stereocenters. The molecule has 0 saturated heterocycles. The van der Waals surface area contributed by atoms with Crippen molar-refractivity contribution in [2.75, 3.05) is 5.75 Å². The molecule has 2 N–H and O–H groups in total. The van der Waals surface area contributed by atoms with Gasteiger partial charge in [0.15, 0.2) is 11.0 Å². The predicted molar refractivity (Wildman–Crippen MR) is 121 cm³/mol. The van der Waals surface area contributed by atoms with E-state index in [4.69, 9.17) is 0 Å². The van der Waals surface area contributed by atoms with E-state index in [0.29, 0.717) is 17.8 Å². The summed E-state index contributed by atoms with van der Waals surface area (Å²) in [5, 5.41) is 16.9. The van der Waals surface area contributed by atoms with Gasteiger partial charge in [-0.1, -0.05) is 72.5 Å². The molecule has 1 aromatic heterocycles. The summed E-state index contributed by atoms with van der Waals surface area (Å²) in [6, 6.07) is 24.9. The molecule has 31 heavy (non-hydrogen) atoms. The number of aromatic nitrogens is 2. The van der Waals surface area contributed by atoms with Crippen LogP contribution in [0.25, 0.3) is 11.0 Å². The van der Waals surface area contributed by atoms with E-state index in [2.05, 4.69) is 38.3 Å². The molecule has 6 nitrogen and oxygen atoms in total. The molecular weight excluding hydrogens is 408 g/mol. The van der Waals surface area contributed by atoms with Crippen LogP contribution in [0.1, 0.15) is 18.1 Å². The lowest BCUT2D eigenvalue weighted by Gasteiger charge is -2.12. The van der Waals surface area contributed by atoms with Crippen molar-refractivity contribution in [1.82, 2.24) is 10.4 Å². The quantitative estimate of drug-likeness (QED) is 0.204. The third-order valence-corrected chi connectivity index (χ3v) is 5.83. The number of H-pyrrole nitrogens is 1. The van der Waals surface area contributed by atoms with Gasteiger partial charge in [0.05, 0.1) is 11.5 Å². The predicted octanol–water partition coefficient (Wildman–Crippen LogP) is 3.21. The first-order chi connectivity index (χ1) is 15.1. The number of nitrogens with one attached hydrogen (secondary N) is 2. The van der Waals surface area contributed by atoms with E-state index in [9.17, 15) is 9.90 Å². The minimum Gasteiger partial charge on any atom is -0.872 e. The van der Waals surface area contributed by atoms with E-state index < -0.39 is 0 Å². The van der Waals surface area contributed by atoms with Crippen LogP contribution in [-0.4, -0.2) is 22.4 Å². The van der Waals surface area contributed by atoms with Crippen LogP contribution >= 0.6 is 11.8 Å². The standard InChI is InChI=1S/C24H22N4O2S/c1-17(19-11-5-8-14-22(19)29)26-27-23(30)16-31-24-25-20-12-6-7-13-21(20)28(24)15-18-9-3-2-4-10-18/h2-14H,15-16H2,1H3,(H2,26,27,29,30). The van der Waals surface area contributed by atoms with Crippen molar-refractivity contribution in [3.05, 3.63) is 90.0 Å². The zero-order valence-corrected chi connectivity index (χ0v) is 17.9. The lowest BCUT2D eigenvalue weighted by atomic mass is 10.1. The number of carbonyl (C=O) groups is 1. The smallest absolute Gasteiger partial charge is 0.317 e. The minimum atomic E-state index is -0.238. The molecule has 4 rings (SSSR count). The molecule has 0 fully saturated rings. The summed E-state index contributed by atoms with van der Waals surface area (Å²) in [4.78, 5) is 15.8. The molecule has 0 spiro atoms. The maximum absolute atomic E-state index is 12.4. The maximum Gasteiger partial charge on any atom is 0.317 e. The number of amides is 1. The van der Waals surface area contributed by atoms with Gasteiger partial charge < -0.3 is 5.11 Å². The topological polar surface area (TPSA) is 84.2 Å². The lowest BCUT2D eigenvalue weighted by molar-refractivity contribution is -0.700. The summed E-state index contributed by atoms with van der Waals surface area (Å²) in [6.07, 6.45) is 0. The Bertz CT molecular complexity index is 1230. The van der Waals surface area contributed by atoms with Crippen LogP contribution in [0.15, 0.2) is 89.1 Å². The van der Waals surface area contributed by atoms with Gasteiger partial charge in [-0.3, -0.25) is 4.79 Å². The first kappa shape index (κ1) is 20.7. The summed E-state index contributed by atoms with van der Waals surface area (Å²) in [5.41, 5.74) is 6.78. The van der Waals surface area contributed by atoms with Gasteiger partial charge in [0.2, 0.25) is 0 Å². The van der Waals surface area contributed by atoms with Crippen LogP contribution in [0, 0.1) is 0 Å². The number of nitrogens with zero attached hydrogens (tertiary/aromatic N) is 2. The van der Waals surface area contributed by atoms with Gasteiger partial charge in [0, 0.05) is 0 Å². The highest BCUT2D eigenvalue weighted by molar-refractivity contribution is 7.99. The molecule has 0 aliphatic carbocycles. The summed E-state index contributed by atoms with van der Waals surface area (Å²) >= 11 is 1.42. The Balaban J connectivity index is 1.47. The Kier molecular flexibility index (Phi) is 6.33. The first-order valence-corrected chi connectivity index (χ1v) is 10.9. The van der Waals surface area contributed by atoms with Crippen LogP contribution < -0.4 is 15.1 Å². The normalized spacial score (nSPS) is 11.6. The fraction of sp³-hybridized carbons (Fsp3) is 0.125. The molecule has 0 atom stereocenters. The van der Waals surface area contributed by atoms with Crippen LogP contribution in [0.5, 0.6) is 5.75 Å². The van der Waals surface area contributed by atoms with E-state index in [1.807, 2.05) is 36.4 Å². The number of hydrogen-bond donors (Lipinski definition) is 2. The largest absolute Gasteiger partial charge is 0.872 e. The second kappa shape index (κ2) is 9.49. The molecular formula is C24H22N4O2S. The van der Waals surface area contributed by atoms with E-state index >= 15 is 0 Å². The van der Waals surface area contributed by atoms with Crippen molar-refractivity contribution in [1.29, 1.82) is 0 Å². The average molecular weight is 431 g/mol. The van der Waals surface area contributed by atoms with E-state index in [-0.39, 0.29) is 17.4 Å². The van der Waals surface area contributed by atoms with Crippen LogP contribution in [0.3, 0.4) is 0 Å². The highest BCUT2D eigenvalue weighted by Gasteiger charge is 2.20. The highest BCUT2D eigenvalue weighted by Crippen LogP contribution is 2.19. The maximum atomic E-state index is 12.4. The number of thioether (sulfide) groups is 1. The van der Waals surface area contributed by atoms with Gasteiger partial charge in [-0.2, -0.15) is 5.10 Å². The summed E-state index contributed by atoms with van der Waals surface area (Å²) in [7, 11) is 0. The van der Waals surface area contributed by atoms with Gasteiger partial charge in [0.25, 0.3) is 5.91 Å². The van der Waals surface area contributed by atoms with Crippen molar-refractivity contribution < 1.29 is 14.5 Å². The minimum absolute atomic E-state index is 0.118. The molecule has 0 bridgehead atoms. The molecule has 0 saturated carbocycles. The number of carbonyl (C=O) groups excluding carboxylic acids is 1. The van der Waals surface area contributed by atoms with Crippen molar-refractivity contribution in [2.24, 2.45) is 5.10 Å². The Labute approximate surface area is 184 Å². The molecule has 0 aliphatic rings. The third kappa shape index (κ3) is 4.95. The SMILES string of the molecule is C/C(=N/NC(=O)CSc1[nH]c2ccccc2[n+]1Cc1ccccc1)c1ccccc1[O-].